The van der Waals surface area contributed by atoms with Gasteiger partial charge in [-0.05, 0) is 37.7 Å². The quantitative estimate of drug-likeness (QED) is 0.776. The highest BCUT2D eigenvalue weighted by Gasteiger charge is 2.23. The molecular weight excluding hydrogens is 200 g/mol. The van der Waals surface area contributed by atoms with E-state index in [1.807, 2.05) is 0 Å². The molecule has 1 atom stereocenters. The molecule has 1 unspecified atom stereocenters. The third-order valence-corrected chi connectivity index (χ3v) is 3.82. The van der Waals surface area contributed by atoms with Gasteiger partial charge in [0.25, 0.3) is 0 Å². The SMILES string of the molecule is NC1CCN(Cc2n[nH]c3c2CCCC3)C1. The third kappa shape index (κ3) is 1.87. The highest BCUT2D eigenvalue weighted by atomic mass is 15.2. The van der Waals surface area contributed by atoms with E-state index in [1.165, 1.54) is 42.6 Å². The van der Waals surface area contributed by atoms with Crippen molar-refractivity contribution < 1.29 is 0 Å². The van der Waals surface area contributed by atoms with E-state index in [0.717, 1.165) is 26.1 Å². The van der Waals surface area contributed by atoms with Crippen molar-refractivity contribution in [1.29, 1.82) is 0 Å². The first-order valence-electron chi connectivity index (χ1n) is 6.36. The molecule has 2 aliphatic rings. The van der Waals surface area contributed by atoms with Gasteiger partial charge in [-0.15, -0.1) is 0 Å². The van der Waals surface area contributed by atoms with Crippen molar-refractivity contribution in [2.75, 3.05) is 13.1 Å². The summed E-state index contributed by atoms with van der Waals surface area (Å²) < 4.78 is 0. The second kappa shape index (κ2) is 4.18. The first kappa shape index (κ1) is 10.3. The van der Waals surface area contributed by atoms with Crippen molar-refractivity contribution in [3.8, 4) is 0 Å². The summed E-state index contributed by atoms with van der Waals surface area (Å²) in [5.74, 6) is 0. The zero-order valence-corrected chi connectivity index (χ0v) is 9.71. The third-order valence-electron chi connectivity index (χ3n) is 3.82. The molecule has 16 heavy (non-hydrogen) atoms. The van der Waals surface area contributed by atoms with Crippen molar-refractivity contribution in [3.63, 3.8) is 0 Å². The second-order valence-corrected chi connectivity index (χ2v) is 5.12. The Morgan fingerprint density at radius 3 is 3.06 bits per heavy atom. The largest absolute Gasteiger partial charge is 0.326 e. The smallest absolute Gasteiger partial charge is 0.0797 e. The number of H-pyrrole nitrogens is 1. The fourth-order valence-electron chi connectivity index (χ4n) is 2.90. The van der Waals surface area contributed by atoms with Gasteiger partial charge in [-0.2, -0.15) is 5.10 Å². The lowest BCUT2D eigenvalue weighted by molar-refractivity contribution is 0.321. The van der Waals surface area contributed by atoms with E-state index in [-0.39, 0.29) is 0 Å². The van der Waals surface area contributed by atoms with Crippen molar-refractivity contribution >= 4 is 0 Å². The molecule has 1 aliphatic heterocycles. The number of aromatic amines is 1. The summed E-state index contributed by atoms with van der Waals surface area (Å²) >= 11 is 0. The number of hydrogen-bond acceptors (Lipinski definition) is 3. The molecule has 4 nitrogen and oxygen atoms in total. The summed E-state index contributed by atoms with van der Waals surface area (Å²) in [6.45, 7) is 3.14. The fourth-order valence-corrected chi connectivity index (χ4v) is 2.90. The van der Waals surface area contributed by atoms with Crippen LogP contribution in [0.15, 0.2) is 0 Å². The Morgan fingerprint density at radius 2 is 2.25 bits per heavy atom. The van der Waals surface area contributed by atoms with E-state index in [9.17, 15) is 0 Å². The number of fused-ring (bicyclic) bond motifs is 1. The second-order valence-electron chi connectivity index (χ2n) is 5.12. The molecule has 0 aromatic carbocycles. The van der Waals surface area contributed by atoms with Crippen molar-refractivity contribution in [3.05, 3.63) is 17.0 Å². The summed E-state index contributed by atoms with van der Waals surface area (Å²) in [7, 11) is 0. The Labute approximate surface area is 96.2 Å². The van der Waals surface area contributed by atoms with Crippen LogP contribution in [-0.4, -0.2) is 34.2 Å². The first-order valence-corrected chi connectivity index (χ1v) is 6.36. The van der Waals surface area contributed by atoms with Crippen molar-refractivity contribution in [2.45, 2.75) is 44.7 Å². The molecule has 0 amide bonds. The lowest BCUT2D eigenvalue weighted by Gasteiger charge is -2.16. The molecule has 2 heterocycles. The lowest BCUT2D eigenvalue weighted by Crippen LogP contribution is -2.26. The molecule has 3 rings (SSSR count). The van der Waals surface area contributed by atoms with Gasteiger partial charge in [0, 0.05) is 31.4 Å². The molecule has 0 radical (unpaired) electrons. The van der Waals surface area contributed by atoms with Gasteiger partial charge >= 0.3 is 0 Å². The minimum Gasteiger partial charge on any atom is -0.326 e. The zero-order valence-electron chi connectivity index (χ0n) is 9.71. The monoisotopic (exact) mass is 220 g/mol. The normalized spacial score (nSPS) is 25.9. The molecule has 3 N–H and O–H groups in total. The molecule has 1 saturated heterocycles. The summed E-state index contributed by atoms with van der Waals surface area (Å²) in [5, 5.41) is 7.68. The maximum absolute atomic E-state index is 5.92. The number of nitrogens with zero attached hydrogens (tertiary/aromatic N) is 2. The summed E-state index contributed by atoms with van der Waals surface area (Å²) in [6, 6.07) is 0.370. The molecule has 0 saturated carbocycles. The van der Waals surface area contributed by atoms with Crippen LogP contribution in [-0.2, 0) is 19.4 Å². The average molecular weight is 220 g/mol. The molecule has 1 aromatic heterocycles. The Hall–Kier alpha value is -0.870. The topological polar surface area (TPSA) is 57.9 Å². The summed E-state index contributed by atoms with van der Waals surface area (Å²) in [6.07, 6.45) is 6.15. The molecular formula is C12H20N4. The average Bonchev–Trinajstić information content (AvgIpc) is 2.87. The van der Waals surface area contributed by atoms with E-state index in [4.69, 9.17) is 5.73 Å². The number of nitrogens with two attached hydrogens (primary N) is 1. The van der Waals surface area contributed by atoms with Crippen LogP contribution in [0.25, 0.3) is 0 Å². The van der Waals surface area contributed by atoms with E-state index in [0.29, 0.717) is 6.04 Å². The standard InChI is InChI=1S/C12H20N4/c13-9-5-6-16(7-9)8-12-10-3-1-2-4-11(10)14-15-12/h9H,1-8,13H2,(H,14,15). The number of likely N-dealkylation sites (tertiary alicyclic amines) is 1. The van der Waals surface area contributed by atoms with E-state index in [1.54, 1.807) is 0 Å². The van der Waals surface area contributed by atoms with Gasteiger partial charge in [0.15, 0.2) is 0 Å². The molecule has 88 valence electrons. The van der Waals surface area contributed by atoms with Gasteiger partial charge in [0.05, 0.1) is 5.69 Å². The number of nitrogens with one attached hydrogen (secondary N) is 1. The number of hydrogen-bond donors (Lipinski definition) is 2. The van der Waals surface area contributed by atoms with Crippen LogP contribution in [0.1, 0.15) is 36.2 Å². The molecule has 0 spiro atoms. The van der Waals surface area contributed by atoms with Crippen LogP contribution in [0.2, 0.25) is 0 Å². The van der Waals surface area contributed by atoms with Gasteiger partial charge in [0.2, 0.25) is 0 Å². The predicted molar refractivity (Wildman–Crippen MR) is 63.1 cm³/mol. The van der Waals surface area contributed by atoms with Gasteiger partial charge in [0.1, 0.15) is 0 Å². The van der Waals surface area contributed by atoms with Gasteiger partial charge in [-0.1, -0.05) is 0 Å². The van der Waals surface area contributed by atoms with Crippen LogP contribution in [0, 0.1) is 0 Å². The first-order chi connectivity index (χ1) is 7.83. The highest BCUT2D eigenvalue weighted by molar-refractivity contribution is 5.27. The lowest BCUT2D eigenvalue weighted by atomic mass is 9.96. The maximum Gasteiger partial charge on any atom is 0.0797 e. The van der Waals surface area contributed by atoms with E-state index in [2.05, 4.69) is 15.1 Å². The molecule has 1 aromatic rings. The Bertz CT molecular complexity index is 371. The van der Waals surface area contributed by atoms with Crippen LogP contribution in [0.4, 0.5) is 0 Å². The van der Waals surface area contributed by atoms with Gasteiger partial charge in [-0.3, -0.25) is 10.00 Å². The minimum absolute atomic E-state index is 0.370. The Morgan fingerprint density at radius 1 is 1.38 bits per heavy atom. The highest BCUT2D eigenvalue weighted by Crippen LogP contribution is 2.23. The molecule has 0 bridgehead atoms. The van der Waals surface area contributed by atoms with Crippen LogP contribution < -0.4 is 5.73 Å². The van der Waals surface area contributed by atoms with Crippen LogP contribution in [0.3, 0.4) is 0 Å². The van der Waals surface area contributed by atoms with Crippen LogP contribution in [0.5, 0.6) is 0 Å². The number of rotatable bonds is 2. The molecule has 1 fully saturated rings. The van der Waals surface area contributed by atoms with Gasteiger partial charge < -0.3 is 5.73 Å². The molecule has 1 aliphatic carbocycles. The summed E-state index contributed by atoms with van der Waals surface area (Å²) in [5.41, 5.74) is 10.1. The Kier molecular flexibility index (Phi) is 2.69. The van der Waals surface area contributed by atoms with Gasteiger partial charge in [-0.25, -0.2) is 0 Å². The molecule has 4 heteroatoms. The summed E-state index contributed by atoms with van der Waals surface area (Å²) in [4.78, 5) is 2.43. The predicted octanol–water partition coefficient (Wildman–Crippen LogP) is 0.821. The fraction of sp³-hybridized carbons (Fsp3) is 0.750. The van der Waals surface area contributed by atoms with E-state index >= 15 is 0 Å². The number of aromatic nitrogens is 2. The minimum atomic E-state index is 0.370. The zero-order chi connectivity index (χ0) is 11.0. The van der Waals surface area contributed by atoms with Crippen molar-refractivity contribution in [2.24, 2.45) is 5.73 Å². The maximum atomic E-state index is 5.92. The number of aryl methyl sites for hydroxylation is 1. The van der Waals surface area contributed by atoms with E-state index < -0.39 is 0 Å². The van der Waals surface area contributed by atoms with Crippen molar-refractivity contribution in [1.82, 2.24) is 15.1 Å². The van der Waals surface area contributed by atoms with Crippen LogP contribution >= 0.6 is 0 Å². The Balaban J connectivity index is 1.72.